The Morgan fingerprint density at radius 1 is 1.21 bits per heavy atom. The lowest BCUT2D eigenvalue weighted by molar-refractivity contribution is 0.102. The molecule has 0 aliphatic heterocycles. The van der Waals surface area contributed by atoms with Crippen LogP contribution in [0.4, 0.5) is 10.1 Å². The van der Waals surface area contributed by atoms with Crippen LogP contribution in [0.1, 0.15) is 15.9 Å². The molecule has 122 valence electrons. The number of hydrogen-bond acceptors (Lipinski definition) is 4. The van der Waals surface area contributed by atoms with Gasteiger partial charge in [-0.15, -0.1) is 10.2 Å². The number of aromatic nitrogens is 3. The third kappa shape index (κ3) is 3.62. The zero-order valence-corrected chi connectivity index (χ0v) is 13.8. The number of nitrogens with one attached hydrogen (secondary N) is 1. The summed E-state index contributed by atoms with van der Waals surface area (Å²) in [6.07, 6.45) is 5.05. The number of amides is 1. The van der Waals surface area contributed by atoms with E-state index in [0.29, 0.717) is 22.6 Å². The molecule has 0 saturated carbocycles. The average Bonchev–Trinajstić information content (AvgIpc) is 3.12. The summed E-state index contributed by atoms with van der Waals surface area (Å²) in [5.41, 5.74) is 2.42. The van der Waals surface area contributed by atoms with Crippen molar-refractivity contribution in [3.05, 3.63) is 72.1 Å². The van der Waals surface area contributed by atoms with Gasteiger partial charge in [0.15, 0.2) is 0 Å². The van der Waals surface area contributed by atoms with Crippen LogP contribution >= 0.6 is 11.8 Å². The zero-order valence-electron chi connectivity index (χ0n) is 12.9. The minimum Gasteiger partial charge on any atom is -0.322 e. The molecule has 1 amide bonds. The van der Waals surface area contributed by atoms with Gasteiger partial charge in [-0.25, -0.2) is 4.39 Å². The van der Waals surface area contributed by atoms with E-state index in [2.05, 4.69) is 15.5 Å². The number of halogens is 1. The maximum Gasteiger partial charge on any atom is 0.255 e. The Morgan fingerprint density at radius 2 is 2.00 bits per heavy atom. The molecule has 0 bridgehead atoms. The van der Waals surface area contributed by atoms with Gasteiger partial charge in [0, 0.05) is 17.0 Å². The van der Waals surface area contributed by atoms with E-state index < -0.39 is 0 Å². The van der Waals surface area contributed by atoms with E-state index in [1.165, 1.54) is 23.9 Å². The lowest BCUT2D eigenvalue weighted by Crippen LogP contribution is -2.12. The SMILES string of the molecule is CSCc1cc(C(=O)Nc2cccc(-n3cnnc3)c2)ccc1F. The maximum atomic E-state index is 13.7. The van der Waals surface area contributed by atoms with Gasteiger partial charge >= 0.3 is 0 Å². The second-order valence-corrected chi connectivity index (χ2v) is 5.98. The van der Waals surface area contributed by atoms with Crippen molar-refractivity contribution in [2.75, 3.05) is 11.6 Å². The fourth-order valence-electron chi connectivity index (χ4n) is 2.26. The zero-order chi connectivity index (χ0) is 16.9. The van der Waals surface area contributed by atoms with Crippen molar-refractivity contribution in [3.63, 3.8) is 0 Å². The van der Waals surface area contributed by atoms with Crippen molar-refractivity contribution in [2.24, 2.45) is 0 Å². The molecular weight excluding hydrogens is 327 g/mol. The standard InChI is InChI=1S/C17H15FN4OS/c1-24-9-13-7-12(5-6-16(13)18)17(23)21-14-3-2-4-15(8-14)22-10-19-20-11-22/h2-8,10-11H,9H2,1H3,(H,21,23). The van der Waals surface area contributed by atoms with Crippen molar-refractivity contribution in [1.82, 2.24) is 14.8 Å². The van der Waals surface area contributed by atoms with Crippen molar-refractivity contribution in [1.29, 1.82) is 0 Å². The smallest absolute Gasteiger partial charge is 0.255 e. The highest BCUT2D eigenvalue weighted by atomic mass is 32.2. The Labute approximate surface area is 142 Å². The first-order valence-corrected chi connectivity index (χ1v) is 8.60. The van der Waals surface area contributed by atoms with Crippen LogP contribution in [-0.4, -0.2) is 26.9 Å². The first-order valence-electron chi connectivity index (χ1n) is 7.21. The molecule has 0 radical (unpaired) electrons. The average molecular weight is 342 g/mol. The molecule has 3 aromatic rings. The molecule has 1 heterocycles. The lowest BCUT2D eigenvalue weighted by Gasteiger charge is -2.09. The fourth-order valence-corrected chi connectivity index (χ4v) is 2.80. The number of nitrogens with zero attached hydrogens (tertiary/aromatic N) is 3. The molecule has 0 unspecified atom stereocenters. The van der Waals surface area contributed by atoms with Gasteiger partial charge in [0.1, 0.15) is 18.5 Å². The number of rotatable bonds is 5. The van der Waals surface area contributed by atoms with E-state index in [4.69, 9.17) is 0 Å². The Morgan fingerprint density at radius 3 is 2.75 bits per heavy atom. The van der Waals surface area contributed by atoms with Gasteiger partial charge in [-0.3, -0.25) is 9.36 Å². The predicted octanol–water partition coefficient (Wildman–Crippen LogP) is 3.52. The molecule has 1 aromatic heterocycles. The molecule has 0 atom stereocenters. The van der Waals surface area contributed by atoms with Crippen molar-refractivity contribution in [2.45, 2.75) is 5.75 Å². The van der Waals surface area contributed by atoms with E-state index in [9.17, 15) is 9.18 Å². The summed E-state index contributed by atoms with van der Waals surface area (Å²) in [6.45, 7) is 0. The Kier molecular flexibility index (Phi) is 4.90. The maximum absolute atomic E-state index is 13.7. The summed E-state index contributed by atoms with van der Waals surface area (Å²) in [5, 5.41) is 10.3. The third-order valence-corrected chi connectivity index (χ3v) is 4.03. The van der Waals surface area contributed by atoms with Gasteiger partial charge in [-0.1, -0.05) is 6.07 Å². The Balaban J connectivity index is 1.80. The third-order valence-electron chi connectivity index (χ3n) is 3.43. The second kappa shape index (κ2) is 7.27. The number of anilines is 1. The normalized spacial score (nSPS) is 10.6. The molecule has 0 aliphatic carbocycles. The first-order chi connectivity index (χ1) is 11.7. The summed E-state index contributed by atoms with van der Waals surface area (Å²) in [7, 11) is 0. The quantitative estimate of drug-likeness (QED) is 0.771. The van der Waals surface area contributed by atoms with E-state index in [-0.39, 0.29) is 11.7 Å². The first kappa shape index (κ1) is 16.2. The van der Waals surface area contributed by atoms with Gasteiger partial charge in [0.05, 0.1) is 5.69 Å². The number of carbonyl (C=O) groups is 1. The van der Waals surface area contributed by atoms with Crippen LogP contribution in [-0.2, 0) is 5.75 Å². The number of hydrogen-bond donors (Lipinski definition) is 1. The molecule has 0 fully saturated rings. The molecule has 5 nitrogen and oxygen atoms in total. The van der Waals surface area contributed by atoms with Gasteiger partial charge < -0.3 is 5.32 Å². The van der Waals surface area contributed by atoms with Gasteiger partial charge in [0.2, 0.25) is 0 Å². The van der Waals surface area contributed by atoms with Crippen LogP contribution in [0.25, 0.3) is 5.69 Å². The summed E-state index contributed by atoms with van der Waals surface area (Å²) in [5.74, 6) is -0.0513. The minimum atomic E-state index is -0.296. The molecule has 0 spiro atoms. The van der Waals surface area contributed by atoms with E-state index in [0.717, 1.165) is 5.69 Å². The van der Waals surface area contributed by atoms with Crippen LogP contribution in [0.3, 0.4) is 0 Å². The van der Waals surface area contributed by atoms with E-state index in [1.54, 1.807) is 29.4 Å². The number of thioether (sulfide) groups is 1. The lowest BCUT2D eigenvalue weighted by atomic mass is 10.1. The van der Waals surface area contributed by atoms with Gasteiger partial charge in [-0.05, 0) is 48.2 Å². The monoisotopic (exact) mass is 342 g/mol. The highest BCUT2D eigenvalue weighted by Gasteiger charge is 2.10. The molecule has 7 heteroatoms. The molecule has 1 N–H and O–H groups in total. The molecule has 3 rings (SSSR count). The van der Waals surface area contributed by atoms with E-state index in [1.807, 2.05) is 24.5 Å². The fraction of sp³-hybridized carbons (Fsp3) is 0.118. The topological polar surface area (TPSA) is 59.8 Å². The highest BCUT2D eigenvalue weighted by molar-refractivity contribution is 7.97. The van der Waals surface area contributed by atoms with E-state index >= 15 is 0 Å². The number of benzene rings is 2. The summed E-state index contributed by atoms with van der Waals surface area (Å²) >= 11 is 1.51. The van der Waals surface area contributed by atoms with Crippen molar-refractivity contribution < 1.29 is 9.18 Å². The van der Waals surface area contributed by atoms with Crippen molar-refractivity contribution in [3.8, 4) is 5.69 Å². The highest BCUT2D eigenvalue weighted by Crippen LogP contribution is 2.18. The van der Waals surface area contributed by atoms with Crippen LogP contribution in [0, 0.1) is 5.82 Å². The second-order valence-electron chi connectivity index (χ2n) is 5.11. The minimum absolute atomic E-state index is 0.279. The van der Waals surface area contributed by atoms with Crippen LogP contribution < -0.4 is 5.32 Å². The summed E-state index contributed by atoms with van der Waals surface area (Å²) in [6, 6.07) is 11.7. The Hall–Kier alpha value is -2.67. The van der Waals surface area contributed by atoms with Crippen LogP contribution in [0.2, 0.25) is 0 Å². The van der Waals surface area contributed by atoms with Gasteiger partial charge in [-0.2, -0.15) is 11.8 Å². The predicted molar refractivity (Wildman–Crippen MR) is 92.9 cm³/mol. The van der Waals surface area contributed by atoms with Crippen molar-refractivity contribution >= 4 is 23.4 Å². The summed E-state index contributed by atoms with van der Waals surface area (Å²) < 4.78 is 15.4. The van der Waals surface area contributed by atoms with Crippen LogP contribution in [0.5, 0.6) is 0 Å². The molecular formula is C17H15FN4OS. The molecule has 0 saturated heterocycles. The van der Waals surface area contributed by atoms with Crippen LogP contribution in [0.15, 0.2) is 55.1 Å². The largest absolute Gasteiger partial charge is 0.322 e. The summed E-state index contributed by atoms with van der Waals surface area (Å²) in [4.78, 5) is 12.4. The molecule has 2 aromatic carbocycles. The molecule has 0 aliphatic rings. The number of carbonyl (C=O) groups excluding carboxylic acids is 1. The van der Waals surface area contributed by atoms with Gasteiger partial charge in [0.25, 0.3) is 5.91 Å². The Bertz CT molecular complexity index is 852. The molecule has 24 heavy (non-hydrogen) atoms.